The number of hydrogen-bond acceptors (Lipinski definition) is 5. The Labute approximate surface area is 252 Å². The summed E-state index contributed by atoms with van der Waals surface area (Å²) in [6.45, 7) is 7.51. The molecule has 3 rings (SSSR count). The Kier molecular flexibility index (Phi) is 14.7. The Morgan fingerprint density at radius 1 is 0.595 bits per heavy atom. The highest BCUT2D eigenvalue weighted by Gasteiger charge is 2.11. The van der Waals surface area contributed by atoms with Crippen molar-refractivity contribution in [1.82, 2.24) is 0 Å². The fraction of sp³-hybridized carbons (Fsp3) is 0.459. The Hall–Kier alpha value is -3.60. The molecule has 3 aromatic carbocycles. The second kappa shape index (κ2) is 18.8. The molecule has 0 aromatic heterocycles. The summed E-state index contributed by atoms with van der Waals surface area (Å²) in [7, 11) is 0. The van der Waals surface area contributed by atoms with E-state index in [0.29, 0.717) is 36.0 Å². The zero-order valence-electron chi connectivity index (χ0n) is 25.7. The summed E-state index contributed by atoms with van der Waals surface area (Å²) in [5.74, 6) is 0.859. The van der Waals surface area contributed by atoms with Crippen molar-refractivity contribution in [2.24, 2.45) is 5.92 Å². The molecule has 3 aromatic rings. The molecule has 5 heteroatoms. The van der Waals surface area contributed by atoms with Gasteiger partial charge in [-0.1, -0.05) is 109 Å². The summed E-state index contributed by atoms with van der Waals surface area (Å²) >= 11 is 0. The number of carbonyl (C=O) groups is 2. The van der Waals surface area contributed by atoms with Gasteiger partial charge in [-0.3, -0.25) is 0 Å². The number of carbonyl (C=O) groups excluding carboxylic acids is 2. The second-order valence-corrected chi connectivity index (χ2v) is 11.2. The largest absolute Gasteiger partial charge is 0.494 e. The van der Waals surface area contributed by atoms with Gasteiger partial charge in [0, 0.05) is 0 Å². The van der Waals surface area contributed by atoms with Crippen molar-refractivity contribution >= 4 is 11.9 Å². The Bertz CT molecular complexity index is 1180. The number of unbranched alkanes of at least 4 members (excludes halogenated alkanes) is 9. The summed E-state index contributed by atoms with van der Waals surface area (Å²) in [4.78, 5) is 24.9. The standard InChI is InChI=1S/C37H48O5/c1-4-6-7-8-9-10-11-12-13-14-27-40-34-23-21-33(22-24-34)37(39)42-35-25-19-31(20-26-35)30-15-17-32(18-16-30)36(38)41-28-29(3)5-2/h15-26,29H,4-14,27-28H2,1-3H3. The molecule has 1 atom stereocenters. The average Bonchev–Trinajstić information content (AvgIpc) is 3.03. The van der Waals surface area contributed by atoms with Crippen LogP contribution in [0, 0.1) is 5.92 Å². The first-order valence-electron chi connectivity index (χ1n) is 15.8. The lowest BCUT2D eigenvalue weighted by Gasteiger charge is -2.10. The SMILES string of the molecule is CCCCCCCCCCCCOc1ccc(C(=O)Oc2ccc(-c3ccc(C(=O)OCC(C)CC)cc3)cc2)cc1. The predicted molar refractivity (Wildman–Crippen MR) is 170 cm³/mol. The maximum Gasteiger partial charge on any atom is 0.343 e. The van der Waals surface area contributed by atoms with Crippen LogP contribution >= 0.6 is 0 Å². The molecule has 0 heterocycles. The van der Waals surface area contributed by atoms with Gasteiger partial charge in [-0.05, 0) is 72.0 Å². The van der Waals surface area contributed by atoms with Crippen molar-refractivity contribution in [3.05, 3.63) is 83.9 Å². The molecule has 0 bridgehead atoms. The van der Waals surface area contributed by atoms with Crippen LogP contribution in [0.15, 0.2) is 72.8 Å². The van der Waals surface area contributed by atoms with Crippen molar-refractivity contribution < 1.29 is 23.8 Å². The first kappa shape index (κ1) is 32.9. The maximum atomic E-state index is 12.6. The van der Waals surface area contributed by atoms with E-state index in [0.717, 1.165) is 29.7 Å². The third-order valence-corrected chi connectivity index (χ3v) is 7.57. The van der Waals surface area contributed by atoms with Gasteiger partial charge >= 0.3 is 11.9 Å². The molecular formula is C37H48O5. The van der Waals surface area contributed by atoms with Crippen LogP contribution in [-0.4, -0.2) is 25.2 Å². The van der Waals surface area contributed by atoms with Crippen LogP contribution in [0.1, 0.15) is 112 Å². The Balaban J connectivity index is 1.37. The van der Waals surface area contributed by atoms with Gasteiger partial charge < -0.3 is 14.2 Å². The van der Waals surface area contributed by atoms with E-state index in [1.54, 1.807) is 36.4 Å². The third kappa shape index (κ3) is 11.7. The highest BCUT2D eigenvalue weighted by molar-refractivity contribution is 5.91. The molecule has 0 aliphatic carbocycles. The van der Waals surface area contributed by atoms with Crippen LogP contribution in [0.4, 0.5) is 0 Å². The van der Waals surface area contributed by atoms with Gasteiger partial charge in [0.1, 0.15) is 11.5 Å². The minimum Gasteiger partial charge on any atom is -0.494 e. The summed E-state index contributed by atoms with van der Waals surface area (Å²) in [5, 5.41) is 0. The number of hydrogen-bond donors (Lipinski definition) is 0. The lowest BCUT2D eigenvalue weighted by molar-refractivity contribution is 0.0447. The lowest BCUT2D eigenvalue weighted by atomic mass is 10.0. The fourth-order valence-corrected chi connectivity index (χ4v) is 4.57. The highest BCUT2D eigenvalue weighted by Crippen LogP contribution is 2.24. The molecule has 0 spiro atoms. The van der Waals surface area contributed by atoms with Crippen molar-refractivity contribution in [3.63, 3.8) is 0 Å². The molecule has 0 fully saturated rings. The molecule has 0 amide bonds. The van der Waals surface area contributed by atoms with Gasteiger partial charge in [0.05, 0.1) is 24.3 Å². The van der Waals surface area contributed by atoms with Gasteiger partial charge in [0.15, 0.2) is 0 Å². The molecule has 0 radical (unpaired) electrons. The lowest BCUT2D eigenvalue weighted by Crippen LogP contribution is -2.11. The summed E-state index contributed by atoms with van der Waals surface area (Å²) in [6.07, 6.45) is 13.9. The number of esters is 2. The predicted octanol–water partition coefficient (Wildman–Crippen LogP) is 10.1. The topological polar surface area (TPSA) is 61.8 Å². The average molecular weight is 573 g/mol. The van der Waals surface area contributed by atoms with E-state index in [1.807, 2.05) is 36.4 Å². The second-order valence-electron chi connectivity index (χ2n) is 11.2. The monoisotopic (exact) mass is 572 g/mol. The van der Waals surface area contributed by atoms with Crippen LogP contribution in [0.5, 0.6) is 11.5 Å². The summed E-state index contributed by atoms with van der Waals surface area (Å²) < 4.78 is 16.8. The van der Waals surface area contributed by atoms with Gasteiger partial charge in [-0.2, -0.15) is 0 Å². The Morgan fingerprint density at radius 2 is 1.07 bits per heavy atom. The van der Waals surface area contributed by atoms with E-state index in [9.17, 15) is 9.59 Å². The molecule has 226 valence electrons. The van der Waals surface area contributed by atoms with Crippen molar-refractivity contribution in [3.8, 4) is 22.6 Å². The normalized spacial score (nSPS) is 11.6. The van der Waals surface area contributed by atoms with Crippen LogP contribution in [0.25, 0.3) is 11.1 Å². The Morgan fingerprint density at radius 3 is 1.64 bits per heavy atom. The number of ether oxygens (including phenoxy) is 3. The quantitative estimate of drug-likeness (QED) is 0.0812. The van der Waals surface area contributed by atoms with Gasteiger partial charge in [0.2, 0.25) is 0 Å². The first-order chi connectivity index (χ1) is 20.5. The molecule has 0 aliphatic heterocycles. The van der Waals surface area contributed by atoms with Crippen molar-refractivity contribution in [2.75, 3.05) is 13.2 Å². The number of benzene rings is 3. The van der Waals surface area contributed by atoms with Crippen LogP contribution in [0.2, 0.25) is 0 Å². The molecule has 0 saturated heterocycles. The van der Waals surface area contributed by atoms with Crippen molar-refractivity contribution in [1.29, 1.82) is 0 Å². The molecule has 5 nitrogen and oxygen atoms in total. The van der Waals surface area contributed by atoms with E-state index in [-0.39, 0.29) is 5.97 Å². The van der Waals surface area contributed by atoms with Gasteiger partial charge in [-0.25, -0.2) is 9.59 Å². The van der Waals surface area contributed by atoms with E-state index >= 15 is 0 Å². The van der Waals surface area contributed by atoms with Gasteiger partial charge in [0.25, 0.3) is 0 Å². The van der Waals surface area contributed by atoms with Crippen molar-refractivity contribution in [2.45, 2.75) is 91.4 Å². The zero-order chi connectivity index (χ0) is 30.0. The van der Waals surface area contributed by atoms with E-state index in [1.165, 1.54) is 57.8 Å². The molecule has 0 N–H and O–H groups in total. The van der Waals surface area contributed by atoms with Crippen LogP contribution in [-0.2, 0) is 4.74 Å². The van der Waals surface area contributed by atoms with Crippen LogP contribution < -0.4 is 9.47 Å². The highest BCUT2D eigenvalue weighted by atomic mass is 16.5. The summed E-state index contributed by atoms with van der Waals surface area (Å²) in [5.41, 5.74) is 2.92. The molecule has 0 saturated carbocycles. The molecule has 1 unspecified atom stereocenters. The van der Waals surface area contributed by atoms with E-state index in [2.05, 4.69) is 20.8 Å². The minimum absolute atomic E-state index is 0.308. The maximum absolute atomic E-state index is 12.6. The third-order valence-electron chi connectivity index (χ3n) is 7.57. The van der Waals surface area contributed by atoms with Crippen LogP contribution in [0.3, 0.4) is 0 Å². The zero-order valence-corrected chi connectivity index (χ0v) is 25.7. The minimum atomic E-state index is -0.413. The smallest absolute Gasteiger partial charge is 0.343 e. The molecule has 0 aliphatic rings. The fourth-order valence-electron chi connectivity index (χ4n) is 4.57. The van der Waals surface area contributed by atoms with E-state index < -0.39 is 5.97 Å². The van der Waals surface area contributed by atoms with E-state index in [4.69, 9.17) is 14.2 Å². The molecule has 42 heavy (non-hydrogen) atoms. The number of rotatable bonds is 19. The summed E-state index contributed by atoms with van der Waals surface area (Å²) in [6, 6.07) is 21.8. The first-order valence-corrected chi connectivity index (χ1v) is 15.8. The van der Waals surface area contributed by atoms with Gasteiger partial charge in [-0.15, -0.1) is 0 Å². The molecular weight excluding hydrogens is 524 g/mol.